The van der Waals surface area contributed by atoms with E-state index in [9.17, 15) is 5.11 Å². The fraction of sp³-hybridized carbons (Fsp3) is 0.250. The number of nitrogens with zero attached hydrogens (tertiary/aromatic N) is 1. The number of benzene rings is 1. The molecule has 94 valence electrons. The largest absolute Gasteiger partial charge is 0.508 e. The normalized spacial score (nSPS) is 17.1. The van der Waals surface area contributed by atoms with E-state index in [0.717, 1.165) is 25.1 Å². The summed E-state index contributed by atoms with van der Waals surface area (Å²) in [6, 6.07) is 10.3. The van der Waals surface area contributed by atoms with Crippen LogP contribution < -0.4 is 0 Å². The van der Waals surface area contributed by atoms with Gasteiger partial charge in [0, 0.05) is 24.5 Å². The molecule has 0 aromatic heterocycles. The van der Waals surface area contributed by atoms with Crippen LogP contribution in [0, 0.1) is 0 Å². The Balaban J connectivity index is 2.13. The molecular weight excluding hydrogens is 222 g/mol. The first-order chi connectivity index (χ1) is 8.79. The van der Waals surface area contributed by atoms with Gasteiger partial charge in [0.25, 0.3) is 0 Å². The van der Waals surface area contributed by atoms with Gasteiger partial charge in [-0.05, 0) is 18.1 Å². The predicted molar refractivity (Wildman–Crippen MR) is 74.8 cm³/mol. The number of unbranched alkanes of at least 4 members (excludes halogenated alkanes) is 1. The van der Waals surface area contributed by atoms with Crippen molar-refractivity contribution in [3.05, 3.63) is 71.8 Å². The molecule has 1 aliphatic heterocycles. The van der Waals surface area contributed by atoms with E-state index in [2.05, 4.69) is 30.0 Å². The standard InChI is InChI=1S/C16H19NO/c1-2-3-9-15-12-16(18)10-11-17(15)13-14-7-5-4-6-8-14/h4-12,18H,2-3,13H2,1H3. The van der Waals surface area contributed by atoms with Gasteiger partial charge in [-0.15, -0.1) is 0 Å². The van der Waals surface area contributed by atoms with Crippen LogP contribution in [0.4, 0.5) is 0 Å². The quantitative estimate of drug-likeness (QED) is 0.856. The van der Waals surface area contributed by atoms with E-state index in [0.29, 0.717) is 5.76 Å². The lowest BCUT2D eigenvalue weighted by Crippen LogP contribution is -2.17. The first kappa shape index (κ1) is 12.5. The van der Waals surface area contributed by atoms with Crippen molar-refractivity contribution < 1.29 is 5.11 Å². The Kier molecular flexibility index (Phi) is 4.24. The molecule has 1 aromatic rings. The fourth-order valence-corrected chi connectivity index (χ4v) is 1.93. The molecule has 2 nitrogen and oxygen atoms in total. The summed E-state index contributed by atoms with van der Waals surface area (Å²) in [7, 11) is 0. The molecule has 0 bridgehead atoms. The van der Waals surface area contributed by atoms with Gasteiger partial charge >= 0.3 is 0 Å². The van der Waals surface area contributed by atoms with Crippen LogP contribution in [-0.4, -0.2) is 10.0 Å². The van der Waals surface area contributed by atoms with Gasteiger partial charge in [0.05, 0.1) is 0 Å². The van der Waals surface area contributed by atoms with Crippen LogP contribution in [0.5, 0.6) is 0 Å². The van der Waals surface area contributed by atoms with Gasteiger partial charge in [0.15, 0.2) is 0 Å². The molecule has 0 amide bonds. The Bertz CT molecular complexity index is 471. The second-order valence-electron chi connectivity index (χ2n) is 4.42. The zero-order valence-electron chi connectivity index (χ0n) is 10.7. The summed E-state index contributed by atoms with van der Waals surface area (Å²) in [6.07, 6.45) is 9.79. The Labute approximate surface area is 109 Å². The molecule has 0 atom stereocenters. The summed E-state index contributed by atoms with van der Waals surface area (Å²) in [5.74, 6) is 0.321. The van der Waals surface area contributed by atoms with Gasteiger partial charge in [-0.2, -0.15) is 0 Å². The van der Waals surface area contributed by atoms with Crippen molar-refractivity contribution in [2.24, 2.45) is 0 Å². The van der Waals surface area contributed by atoms with Crippen molar-refractivity contribution in [1.29, 1.82) is 0 Å². The van der Waals surface area contributed by atoms with Crippen LogP contribution in [-0.2, 0) is 6.54 Å². The minimum atomic E-state index is 0.321. The first-order valence-electron chi connectivity index (χ1n) is 6.39. The molecule has 0 saturated carbocycles. The van der Waals surface area contributed by atoms with Gasteiger partial charge in [0.1, 0.15) is 5.76 Å². The van der Waals surface area contributed by atoms with E-state index in [-0.39, 0.29) is 0 Å². The van der Waals surface area contributed by atoms with Gasteiger partial charge in [-0.1, -0.05) is 49.8 Å². The maximum atomic E-state index is 9.57. The topological polar surface area (TPSA) is 23.5 Å². The molecule has 18 heavy (non-hydrogen) atoms. The smallest absolute Gasteiger partial charge is 0.119 e. The number of hydrogen-bond donors (Lipinski definition) is 1. The van der Waals surface area contributed by atoms with E-state index in [1.807, 2.05) is 30.5 Å². The van der Waals surface area contributed by atoms with Crippen LogP contribution >= 0.6 is 0 Å². The fourth-order valence-electron chi connectivity index (χ4n) is 1.93. The molecule has 2 heteroatoms. The lowest BCUT2D eigenvalue weighted by molar-refractivity contribution is 0.403. The average Bonchev–Trinajstić information content (AvgIpc) is 2.40. The highest BCUT2D eigenvalue weighted by Gasteiger charge is 2.10. The van der Waals surface area contributed by atoms with Crippen molar-refractivity contribution in [1.82, 2.24) is 4.90 Å². The molecule has 0 radical (unpaired) electrons. The van der Waals surface area contributed by atoms with Crippen molar-refractivity contribution in [3.63, 3.8) is 0 Å². The summed E-state index contributed by atoms with van der Waals surface area (Å²) in [5, 5.41) is 9.57. The minimum Gasteiger partial charge on any atom is -0.508 e. The van der Waals surface area contributed by atoms with Gasteiger partial charge < -0.3 is 10.0 Å². The SMILES string of the molecule is CCCC=C1C=C(O)C=CN1Cc1ccccc1. The van der Waals surface area contributed by atoms with Crippen molar-refractivity contribution in [2.45, 2.75) is 26.3 Å². The lowest BCUT2D eigenvalue weighted by Gasteiger charge is -2.24. The van der Waals surface area contributed by atoms with Crippen molar-refractivity contribution >= 4 is 0 Å². The van der Waals surface area contributed by atoms with E-state index in [1.54, 1.807) is 6.08 Å². The molecule has 0 unspecified atom stereocenters. The van der Waals surface area contributed by atoms with Gasteiger partial charge in [-0.3, -0.25) is 0 Å². The summed E-state index contributed by atoms with van der Waals surface area (Å²) in [6.45, 7) is 2.98. The summed E-state index contributed by atoms with van der Waals surface area (Å²) in [4.78, 5) is 2.16. The highest BCUT2D eigenvalue weighted by atomic mass is 16.3. The van der Waals surface area contributed by atoms with E-state index in [4.69, 9.17) is 0 Å². The molecule has 1 aromatic carbocycles. The van der Waals surface area contributed by atoms with E-state index in [1.165, 1.54) is 5.56 Å². The maximum absolute atomic E-state index is 9.57. The third-order valence-corrected chi connectivity index (χ3v) is 2.89. The molecule has 1 aliphatic rings. The maximum Gasteiger partial charge on any atom is 0.119 e. The zero-order valence-corrected chi connectivity index (χ0v) is 10.7. The molecule has 1 N–H and O–H groups in total. The highest BCUT2D eigenvalue weighted by molar-refractivity contribution is 5.32. The third kappa shape index (κ3) is 3.27. The summed E-state index contributed by atoms with van der Waals surface area (Å²) < 4.78 is 0. The Morgan fingerprint density at radius 1 is 1.22 bits per heavy atom. The molecule has 0 aliphatic carbocycles. The Hall–Kier alpha value is -1.96. The van der Waals surface area contributed by atoms with Crippen LogP contribution in [0.1, 0.15) is 25.3 Å². The predicted octanol–water partition coefficient (Wildman–Crippen LogP) is 4.14. The third-order valence-electron chi connectivity index (χ3n) is 2.89. The van der Waals surface area contributed by atoms with Gasteiger partial charge in [0.2, 0.25) is 0 Å². The van der Waals surface area contributed by atoms with Gasteiger partial charge in [-0.25, -0.2) is 0 Å². The summed E-state index contributed by atoms with van der Waals surface area (Å²) in [5.41, 5.74) is 2.33. The molecule has 1 heterocycles. The first-order valence-corrected chi connectivity index (χ1v) is 6.39. The zero-order chi connectivity index (χ0) is 12.8. The monoisotopic (exact) mass is 241 g/mol. The van der Waals surface area contributed by atoms with Crippen molar-refractivity contribution in [2.75, 3.05) is 0 Å². The molecule has 2 rings (SSSR count). The van der Waals surface area contributed by atoms with E-state index < -0.39 is 0 Å². The molecule has 0 spiro atoms. The second kappa shape index (κ2) is 6.10. The van der Waals surface area contributed by atoms with Crippen LogP contribution in [0.15, 0.2) is 66.2 Å². The van der Waals surface area contributed by atoms with E-state index >= 15 is 0 Å². The Morgan fingerprint density at radius 2 is 2.00 bits per heavy atom. The summed E-state index contributed by atoms with van der Waals surface area (Å²) >= 11 is 0. The van der Waals surface area contributed by atoms with Crippen molar-refractivity contribution in [3.8, 4) is 0 Å². The van der Waals surface area contributed by atoms with Crippen LogP contribution in [0.25, 0.3) is 0 Å². The Morgan fingerprint density at radius 3 is 2.72 bits per heavy atom. The number of aliphatic hydroxyl groups is 1. The molecular formula is C16H19NO. The number of hydrogen-bond acceptors (Lipinski definition) is 2. The molecule has 0 saturated heterocycles. The number of rotatable bonds is 4. The minimum absolute atomic E-state index is 0.321. The number of allylic oxidation sites excluding steroid dienone is 3. The average molecular weight is 241 g/mol. The van der Waals surface area contributed by atoms with Crippen LogP contribution in [0.3, 0.4) is 0 Å². The number of aliphatic hydroxyl groups excluding tert-OH is 1. The lowest BCUT2D eigenvalue weighted by atomic mass is 10.1. The van der Waals surface area contributed by atoms with Crippen LogP contribution in [0.2, 0.25) is 0 Å². The molecule has 0 fully saturated rings. The highest BCUT2D eigenvalue weighted by Crippen LogP contribution is 2.19. The second-order valence-corrected chi connectivity index (χ2v) is 4.42.